The van der Waals surface area contributed by atoms with Crippen molar-refractivity contribution in [3.05, 3.63) is 53.7 Å². The van der Waals surface area contributed by atoms with Crippen LogP contribution in [0.1, 0.15) is 49.3 Å². The van der Waals surface area contributed by atoms with Crippen molar-refractivity contribution in [2.75, 3.05) is 11.9 Å². The average Bonchev–Trinajstić information content (AvgIpc) is 3.10. The molecule has 1 aliphatic heterocycles. The summed E-state index contributed by atoms with van der Waals surface area (Å²) in [6.45, 7) is 2.52. The lowest BCUT2D eigenvalue weighted by atomic mass is 9.93. The van der Waals surface area contributed by atoms with Crippen LogP contribution >= 0.6 is 0 Å². The molecule has 1 saturated heterocycles. The summed E-state index contributed by atoms with van der Waals surface area (Å²) in [5.74, 6) is 0.879. The van der Waals surface area contributed by atoms with Crippen molar-refractivity contribution in [1.82, 2.24) is 9.29 Å². The highest BCUT2D eigenvalue weighted by Crippen LogP contribution is 2.36. The predicted molar refractivity (Wildman–Crippen MR) is 103 cm³/mol. The molecule has 2 aromatic rings. The second-order valence-corrected chi connectivity index (χ2v) is 9.23. The van der Waals surface area contributed by atoms with E-state index in [0.717, 1.165) is 29.8 Å². The van der Waals surface area contributed by atoms with Crippen LogP contribution in [-0.2, 0) is 10.0 Å². The number of aromatic nitrogens is 1. The van der Waals surface area contributed by atoms with E-state index in [2.05, 4.69) is 10.3 Å². The molecule has 1 atom stereocenters. The fourth-order valence-corrected chi connectivity index (χ4v) is 5.34. The Morgan fingerprint density at radius 1 is 1.04 bits per heavy atom. The predicted octanol–water partition coefficient (Wildman–Crippen LogP) is 3.88. The van der Waals surface area contributed by atoms with Crippen LogP contribution in [0.3, 0.4) is 0 Å². The van der Waals surface area contributed by atoms with Gasteiger partial charge < -0.3 is 5.32 Å². The highest BCUT2D eigenvalue weighted by atomic mass is 32.2. The van der Waals surface area contributed by atoms with E-state index in [9.17, 15) is 8.42 Å². The number of nitrogens with one attached hydrogen (secondary N) is 1. The topological polar surface area (TPSA) is 62.3 Å². The summed E-state index contributed by atoms with van der Waals surface area (Å²) >= 11 is 0. The van der Waals surface area contributed by atoms with Crippen LogP contribution < -0.4 is 5.32 Å². The van der Waals surface area contributed by atoms with E-state index in [-0.39, 0.29) is 6.04 Å². The number of hydrogen-bond donors (Lipinski definition) is 1. The van der Waals surface area contributed by atoms with Gasteiger partial charge in [0.2, 0.25) is 10.0 Å². The molecule has 1 aromatic carbocycles. The first-order valence-corrected chi connectivity index (χ1v) is 10.8. The van der Waals surface area contributed by atoms with Gasteiger partial charge in [0.05, 0.1) is 10.9 Å². The van der Waals surface area contributed by atoms with Gasteiger partial charge in [-0.1, -0.05) is 23.8 Å². The van der Waals surface area contributed by atoms with Crippen molar-refractivity contribution in [3.63, 3.8) is 0 Å². The van der Waals surface area contributed by atoms with Gasteiger partial charge in [0.25, 0.3) is 0 Å². The van der Waals surface area contributed by atoms with Crippen molar-refractivity contribution in [1.29, 1.82) is 0 Å². The van der Waals surface area contributed by atoms with Crippen LogP contribution in [0.4, 0.5) is 5.82 Å². The van der Waals surface area contributed by atoms with Crippen LogP contribution in [0.5, 0.6) is 0 Å². The minimum Gasteiger partial charge on any atom is -0.367 e. The quantitative estimate of drug-likeness (QED) is 0.866. The fraction of sp³-hybridized carbons (Fsp3) is 0.450. The Morgan fingerprint density at radius 3 is 2.42 bits per heavy atom. The van der Waals surface area contributed by atoms with E-state index >= 15 is 0 Å². The van der Waals surface area contributed by atoms with Gasteiger partial charge >= 0.3 is 0 Å². The van der Waals surface area contributed by atoms with Gasteiger partial charge in [0.15, 0.2) is 0 Å². The summed E-state index contributed by atoms with van der Waals surface area (Å²) in [6.07, 6.45) is 7.22. The zero-order chi connectivity index (χ0) is 18.1. The van der Waals surface area contributed by atoms with Gasteiger partial charge in [-0.2, -0.15) is 4.31 Å². The molecule has 1 unspecified atom stereocenters. The van der Waals surface area contributed by atoms with Crippen LogP contribution in [0.25, 0.3) is 0 Å². The Labute approximate surface area is 155 Å². The van der Waals surface area contributed by atoms with Crippen molar-refractivity contribution in [2.24, 2.45) is 0 Å². The van der Waals surface area contributed by atoms with E-state index < -0.39 is 10.0 Å². The first kappa shape index (κ1) is 17.5. The molecule has 2 heterocycles. The summed E-state index contributed by atoms with van der Waals surface area (Å²) in [7, 11) is -3.49. The lowest BCUT2D eigenvalue weighted by Gasteiger charge is -2.27. The largest absolute Gasteiger partial charge is 0.367 e. The molecule has 26 heavy (non-hydrogen) atoms. The molecule has 0 amide bonds. The lowest BCUT2D eigenvalue weighted by Crippen LogP contribution is -2.31. The Bertz CT molecular complexity index is 859. The maximum Gasteiger partial charge on any atom is 0.243 e. The number of benzene rings is 1. The number of sulfonamides is 1. The number of hydrogen-bond acceptors (Lipinski definition) is 4. The highest BCUT2D eigenvalue weighted by molar-refractivity contribution is 7.89. The summed E-state index contributed by atoms with van der Waals surface area (Å²) in [5.41, 5.74) is 2.03. The Balaban J connectivity index is 1.55. The Morgan fingerprint density at radius 2 is 1.81 bits per heavy atom. The van der Waals surface area contributed by atoms with E-state index in [1.165, 1.54) is 19.3 Å². The molecule has 1 saturated carbocycles. The molecule has 1 aliphatic carbocycles. The fourth-order valence-electron chi connectivity index (χ4n) is 3.66. The molecule has 2 aliphatic rings. The number of aryl methyl sites for hydroxylation is 1. The molecule has 2 fully saturated rings. The maximum atomic E-state index is 13.1. The number of nitrogens with zero attached hydrogens (tertiary/aromatic N) is 2. The molecule has 0 radical (unpaired) electrons. The SMILES string of the molecule is Cc1ccc(S(=O)(=O)N2CCCC2c2ccc(NC3CCC3)nc2)cc1. The Kier molecular flexibility index (Phi) is 4.71. The third-order valence-electron chi connectivity index (χ3n) is 5.46. The summed E-state index contributed by atoms with van der Waals surface area (Å²) in [6, 6.07) is 11.5. The molecule has 0 spiro atoms. The van der Waals surface area contributed by atoms with E-state index in [1.807, 2.05) is 37.4 Å². The van der Waals surface area contributed by atoms with Gasteiger partial charge in [-0.05, 0) is 62.8 Å². The standard InChI is InChI=1S/C20H25N3O2S/c1-15-7-10-18(11-8-15)26(24,25)23-13-3-6-19(23)16-9-12-20(21-14-16)22-17-4-2-5-17/h7-12,14,17,19H,2-6,13H2,1H3,(H,21,22). The Hall–Kier alpha value is -1.92. The van der Waals surface area contributed by atoms with Crippen LogP contribution in [0.2, 0.25) is 0 Å². The number of anilines is 1. The number of rotatable bonds is 5. The van der Waals surface area contributed by atoms with Crippen LogP contribution in [0.15, 0.2) is 47.5 Å². The van der Waals surface area contributed by atoms with Crippen molar-refractivity contribution in [2.45, 2.75) is 56.0 Å². The van der Waals surface area contributed by atoms with Gasteiger partial charge in [0.1, 0.15) is 5.82 Å². The third-order valence-corrected chi connectivity index (χ3v) is 7.38. The smallest absolute Gasteiger partial charge is 0.243 e. The van der Waals surface area contributed by atoms with Crippen molar-refractivity contribution in [3.8, 4) is 0 Å². The maximum absolute atomic E-state index is 13.1. The van der Waals surface area contributed by atoms with E-state index in [1.54, 1.807) is 16.4 Å². The minimum absolute atomic E-state index is 0.133. The molecular formula is C20H25N3O2S. The summed E-state index contributed by atoms with van der Waals surface area (Å²) < 4.78 is 27.8. The second-order valence-electron chi connectivity index (χ2n) is 7.34. The van der Waals surface area contributed by atoms with E-state index in [4.69, 9.17) is 0 Å². The molecule has 138 valence electrons. The first-order chi connectivity index (χ1) is 12.5. The molecule has 6 heteroatoms. The monoisotopic (exact) mass is 371 g/mol. The van der Waals surface area contributed by atoms with Crippen molar-refractivity contribution >= 4 is 15.8 Å². The molecule has 5 nitrogen and oxygen atoms in total. The second kappa shape index (κ2) is 7.00. The third kappa shape index (κ3) is 3.35. The normalized spacial score (nSPS) is 21.5. The first-order valence-electron chi connectivity index (χ1n) is 9.35. The minimum atomic E-state index is -3.49. The molecule has 1 aromatic heterocycles. The van der Waals surface area contributed by atoms with Crippen LogP contribution in [0, 0.1) is 6.92 Å². The molecular weight excluding hydrogens is 346 g/mol. The van der Waals surface area contributed by atoms with Gasteiger partial charge in [-0.3, -0.25) is 0 Å². The molecule has 0 bridgehead atoms. The average molecular weight is 372 g/mol. The van der Waals surface area contributed by atoms with Gasteiger partial charge in [0, 0.05) is 18.8 Å². The zero-order valence-corrected chi connectivity index (χ0v) is 15.9. The van der Waals surface area contributed by atoms with Gasteiger partial charge in [-0.25, -0.2) is 13.4 Å². The lowest BCUT2D eigenvalue weighted by molar-refractivity contribution is 0.396. The molecule has 1 N–H and O–H groups in total. The highest BCUT2D eigenvalue weighted by Gasteiger charge is 2.36. The van der Waals surface area contributed by atoms with Crippen molar-refractivity contribution < 1.29 is 8.42 Å². The summed E-state index contributed by atoms with van der Waals surface area (Å²) in [5, 5.41) is 3.43. The van der Waals surface area contributed by atoms with Gasteiger partial charge in [-0.15, -0.1) is 0 Å². The molecule has 4 rings (SSSR count). The van der Waals surface area contributed by atoms with E-state index in [0.29, 0.717) is 17.5 Å². The zero-order valence-electron chi connectivity index (χ0n) is 15.1. The van der Waals surface area contributed by atoms with Crippen LogP contribution in [-0.4, -0.2) is 30.3 Å². The summed E-state index contributed by atoms with van der Waals surface area (Å²) in [4.78, 5) is 4.88. The number of pyridine rings is 1.